The second-order valence-corrected chi connectivity index (χ2v) is 10.3. The van der Waals surface area contributed by atoms with Gasteiger partial charge in [-0.1, -0.05) is 29.8 Å². The maximum Gasteiger partial charge on any atom is 0.270 e. The van der Waals surface area contributed by atoms with Crippen molar-refractivity contribution >= 4 is 52.5 Å². The standard InChI is InChI=1S/C32H28ClN3O5S/c1-19-15-22(20(2)35(19)23-9-11-24(12-10-23)41-18-21-7-5-6-8-27(21)33)16-26-30(37)34-32(42)36(31(26)38)28-14-13-25(39-3)17-29(28)40-4/h5-17H,18H2,1-4H3,(H,34,37,42)/b26-16+. The van der Waals surface area contributed by atoms with Crippen LogP contribution in [0.15, 0.2) is 78.4 Å². The molecule has 42 heavy (non-hydrogen) atoms. The molecule has 0 saturated carbocycles. The predicted molar refractivity (Wildman–Crippen MR) is 167 cm³/mol. The third-order valence-electron chi connectivity index (χ3n) is 6.95. The van der Waals surface area contributed by atoms with Crippen LogP contribution in [0.3, 0.4) is 0 Å². The van der Waals surface area contributed by atoms with Gasteiger partial charge in [0.05, 0.1) is 19.9 Å². The SMILES string of the molecule is COc1ccc(N2C(=O)/C(=C/c3cc(C)n(-c4ccc(OCc5ccccc5Cl)cc4)c3C)C(=O)NC2=S)c(OC)c1. The monoisotopic (exact) mass is 601 g/mol. The van der Waals surface area contributed by atoms with E-state index in [9.17, 15) is 9.59 Å². The van der Waals surface area contributed by atoms with E-state index in [1.807, 2.05) is 73.0 Å². The van der Waals surface area contributed by atoms with Gasteiger partial charge >= 0.3 is 0 Å². The molecule has 1 aromatic heterocycles. The average Bonchev–Trinajstić information content (AvgIpc) is 3.27. The number of hydrogen-bond donors (Lipinski definition) is 1. The molecule has 4 aromatic rings. The number of hydrogen-bond acceptors (Lipinski definition) is 6. The minimum absolute atomic E-state index is 0.0343. The smallest absolute Gasteiger partial charge is 0.270 e. The molecule has 2 heterocycles. The van der Waals surface area contributed by atoms with Gasteiger partial charge < -0.3 is 18.8 Å². The second-order valence-electron chi connectivity index (χ2n) is 9.53. The molecule has 0 radical (unpaired) electrons. The van der Waals surface area contributed by atoms with Crippen LogP contribution < -0.4 is 24.4 Å². The fourth-order valence-electron chi connectivity index (χ4n) is 4.80. The molecule has 10 heteroatoms. The zero-order valence-corrected chi connectivity index (χ0v) is 25.0. The van der Waals surface area contributed by atoms with Gasteiger partial charge in [0, 0.05) is 33.7 Å². The summed E-state index contributed by atoms with van der Waals surface area (Å²) < 4.78 is 18.7. The van der Waals surface area contributed by atoms with Crippen LogP contribution in [0.4, 0.5) is 5.69 Å². The lowest BCUT2D eigenvalue weighted by molar-refractivity contribution is -0.122. The van der Waals surface area contributed by atoms with Gasteiger partial charge in [0.25, 0.3) is 11.8 Å². The predicted octanol–water partition coefficient (Wildman–Crippen LogP) is 6.18. The van der Waals surface area contributed by atoms with E-state index in [4.69, 9.17) is 38.0 Å². The topological polar surface area (TPSA) is 82.0 Å². The van der Waals surface area contributed by atoms with Crippen LogP contribution in [-0.2, 0) is 16.2 Å². The lowest BCUT2D eigenvalue weighted by Gasteiger charge is -2.30. The first kappa shape index (κ1) is 28.9. The van der Waals surface area contributed by atoms with Crippen molar-refractivity contribution in [3.63, 3.8) is 0 Å². The summed E-state index contributed by atoms with van der Waals surface area (Å²) in [5.74, 6) is 0.505. The Hall–Kier alpha value is -4.60. The third kappa shape index (κ3) is 5.61. The Kier molecular flexibility index (Phi) is 8.33. The number of nitrogens with zero attached hydrogens (tertiary/aromatic N) is 2. The largest absolute Gasteiger partial charge is 0.497 e. The Labute approximate surface area is 254 Å². The number of ether oxygens (including phenoxy) is 3. The van der Waals surface area contributed by atoms with Gasteiger partial charge in [-0.05, 0) is 86.2 Å². The number of rotatable bonds is 8. The quantitative estimate of drug-likeness (QED) is 0.148. The number of aromatic nitrogens is 1. The summed E-state index contributed by atoms with van der Waals surface area (Å²) in [5, 5.41) is 3.25. The van der Waals surface area contributed by atoms with E-state index in [2.05, 4.69) is 5.32 Å². The van der Waals surface area contributed by atoms with Crippen LogP contribution in [0.5, 0.6) is 17.2 Å². The first-order valence-corrected chi connectivity index (χ1v) is 13.8. The Morgan fingerprint density at radius 1 is 0.929 bits per heavy atom. The van der Waals surface area contributed by atoms with Crippen molar-refractivity contribution in [1.29, 1.82) is 0 Å². The van der Waals surface area contributed by atoms with Gasteiger partial charge in [-0.3, -0.25) is 14.9 Å². The Morgan fingerprint density at radius 3 is 2.33 bits per heavy atom. The zero-order chi connectivity index (χ0) is 30.0. The number of benzene rings is 3. The van der Waals surface area contributed by atoms with E-state index in [0.717, 1.165) is 28.2 Å². The summed E-state index contributed by atoms with van der Waals surface area (Å²) in [5.41, 5.74) is 4.66. The number of anilines is 1. The summed E-state index contributed by atoms with van der Waals surface area (Å²) in [6, 6.07) is 22.2. The number of aryl methyl sites for hydroxylation is 1. The third-order valence-corrected chi connectivity index (χ3v) is 7.60. The molecule has 1 fully saturated rings. The van der Waals surface area contributed by atoms with Crippen LogP contribution in [0.25, 0.3) is 11.8 Å². The van der Waals surface area contributed by atoms with E-state index < -0.39 is 11.8 Å². The molecular weight excluding hydrogens is 574 g/mol. The van der Waals surface area contributed by atoms with Gasteiger partial charge in [-0.15, -0.1) is 0 Å². The van der Waals surface area contributed by atoms with Crippen LogP contribution in [-0.4, -0.2) is 35.7 Å². The van der Waals surface area contributed by atoms with Gasteiger partial charge in [-0.2, -0.15) is 0 Å². The van der Waals surface area contributed by atoms with Crippen molar-refractivity contribution in [2.45, 2.75) is 20.5 Å². The molecule has 0 bridgehead atoms. The molecule has 8 nitrogen and oxygen atoms in total. The normalized spacial score (nSPS) is 14.3. The molecule has 1 aliphatic heterocycles. The van der Waals surface area contributed by atoms with Crippen molar-refractivity contribution in [2.75, 3.05) is 19.1 Å². The molecule has 1 saturated heterocycles. The van der Waals surface area contributed by atoms with Gasteiger partial charge in [0.15, 0.2) is 5.11 Å². The highest BCUT2D eigenvalue weighted by molar-refractivity contribution is 7.80. The minimum atomic E-state index is -0.571. The molecule has 0 aliphatic carbocycles. The number of carbonyl (C=O) groups is 2. The van der Waals surface area contributed by atoms with Crippen LogP contribution in [0.2, 0.25) is 5.02 Å². The number of methoxy groups -OCH3 is 2. The lowest BCUT2D eigenvalue weighted by Crippen LogP contribution is -2.54. The molecule has 0 unspecified atom stereocenters. The number of thiocarbonyl (C=S) groups is 1. The molecular formula is C32H28ClN3O5S. The van der Waals surface area contributed by atoms with Gasteiger partial charge in [-0.25, -0.2) is 4.90 Å². The minimum Gasteiger partial charge on any atom is -0.497 e. The molecule has 3 aromatic carbocycles. The fourth-order valence-corrected chi connectivity index (χ4v) is 5.26. The van der Waals surface area contributed by atoms with E-state index in [1.54, 1.807) is 24.3 Å². The number of amides is 2. The number of carbonyl (C=O) groups excluding carboxylic acids is 2. The van der Waals surface area contributed by atoms with Crippen molar-refractivity contribution in [3.05, 3.63) is 106 Å². The zero-order valence-electron chi connectivity index (χ0n) is 23.4. The van der Waals surface area contributed by atoms with Gasteiger partial charge in [0.2, 0.25) is 0 Å². The summed E-state index contributed by atoms with van der Waals surface area (Å²) in [7, 11) is 3.02. The van der Waals surface area contributed by atoms with Crippen molar-refractivity contribution in [1.82, 2.24) is 9.88 Å². The lowest BCUT2D eigenvalue weighted by atomic mass is 10.1. The molecule has 1 aliphatic rings. The van der Waals surface area contributed by atoms with Crippen LogP contribution in [0, 0.1) is 13.8 Å². The maximum atomic E-state index is 13.7. The molecule has 0 atom stereocenters. The summed E-state index contributed by atoms with van der Waals surface area (Å²) in [6.07, 6.45) is 1.59. The highest BCUT2D eigenvalue weighted by Gasteiger charge is 2.36. The van der Waals surface area contributed by atoms with E-state index in [-0.39, 0.29) is 10.7 Å². The first-order chi connectivity index (χ1) is 20.2. The van der Waals surface area contributed by atoms with Crippen LogP contribution in [0.1, 0.15) is 22.5 Å². The van der Waals surface area contributed by atoms with Crippen molar-refractivity contribution in [3.8, 4) is 22.9 Å². The van der Waals surface area contributed by atoms with E-state index in [1.165, 1.54) is 19.1 Å². The number of halogens is 1. The number of nitrogens with one attached hydrogen (secondary N) is 1. The highest BCUT2D eigenvalue weighted by Crippen LogP contribution is 2.35. The average molecular weight is 602 g/mol. The summed E-state index contributed by atoms with van der Waals surface area (Å²) in [4.78, 5) is 27.9. The van der Waals surface area contributed by atoms with E-state index in [0.29, 0.717) is 34.6 Å². The van der Waals surface area contributed by atoms with Crippen molar-refractivity contribution in [2.24, 2.45) is 0 Å². The van der Waals surface area contributed by atoms with Gasteiger partial charge in [0.1, 0.15) is 29.4 Å². The Morgan fingerprint density at radius 2 is 1.64 bits per heavy atom. The van der Waals surface area contributed by atoms with Crippen molar-refractivity contribution < 1.29 is 23.8 Å². The first-order valence-electron chi connectivity index (χ1n) is 13.0. The molecule has 2 amide bonds. The summed E-state index contributed by atoms with van der Waals surface area (Å²) in [6.45, 7) is 4.25. The Balaban J connectivity index is 1.42. The van der Waals surface area contributed by atoms with Crippen LogP contribution >= 0.6 is 23.8 Å². The van der Waals surface area contributed by atoms with E-state index >= 15 is 0 Å². The molecule has 1 N–H and O–H groups in total. The highest BCUT2D eigenvalue weighted by atomic mass is 35.5. The molecule has 214 valence electrons. The second kappa shape index (κ2) is 12.1. The molecule has 5 rings (SSSR count). The Bertz CT molecular complexity index is 1730. The summed E-state index contributed by atoms with van der Waals surface area (Å²) >= 11 is 11.6. The fraction of sp³-hybridized carbons (Fsp3) is 0.156. The maximum absolute atomic E-state index is 13.7. The molecule has 0 spiro atoms.